The van der Waals surface area contributed by atoms with Gasteiger partial charge in [0.05, 0.1) is 7.11 Å². The first-order chi connectivity index (χ1) is 7.97. The smallest absolute Gasteiger partial charge is 0.327 e. The number of allylic oxidation sites excluding steroid dienone is 1. The van der Waals surface area contributed by atoms with Crippen LogP contribution in [0.3, 0.4) is 0 Å². The molecular weight excluding hydrogens is 216 g/mol. The largest absolute Gasteiger partial charge is 0.496 e. The molecule has 0 saturated carbocycles. The lowest BCUT2D eigenvalue weighted by Crippen LogP contribution is -1.99. The number of carboxylic acids is 1. The van der Waals surface area contributed by atoms with Crippen molar-refractivity contribution in [3.63, 3.8) is 0 Å². The summed E-state index contributed by atoms with van der Waals surface area (Å²) in [5, 5.41) is 8.57. The van der Waals surface area contributed by atoms with Gasteiger partial charge in [0.15, 0.2) is 0 Å². The summed E-state index contributed by atoms with van der Waals surface area (Å²) >= 11 is 0. The topological polar surface area (TPSA) is 46.5 Å². The lowest BCUT2D eigenvalue weighted by Gasteiger charge is -2.15. The molecule has 0 aliphatic carbocycles. The molecule has 0 saturated heterocycles. The molecule has 0 aliphatic rings. The van der Waals surface area contributed by atoms with Crippen LogP contribution in [-0.4, -0.2) is 18.2 Å². The average Bonchev–Trinajstić information content (AvgIpc) is 2.25. The number of aliphatic carboxylic acids is 1. The molecule has 1 aromatic carbocycles. The molecule has 0 unspecified atom stereocenters. The minimum atomic E-state index is -0.926. The van der Waals surface area contributed by atoms with Crippen molar-refractivity contribution in [2.75, 3.05) is 7.11 Å². The Hall–Kier alpha value is -1.77. The summed E-state index contributed by atoms with van der Waals surface area (Å²) in [5.41, 5.74) is 4.47. The Bertz CT molecular complexity index is 459. The first kappa shape index (κ1) is 13.3. The second kappa shape index (κ2) is 5.53. The van der Waals surface area contributed by atoms with E-state index in [1.165, 1.54) is 5.56 Å². The SMILES string of the molecule is COc1c(C)c(C)cc(C)c1C/C=C/C(=O)O. The number of hydrogen-bond donors (Lipinski definition) is 1. The molecule has 0 atom stereocenters. The molecular formula is C14H18O3. The minimum absolute atomic E-state index is 0.572. The lowest BCUT2D eigenvalue weighted by atomic mass is 9.97. The fraction of sp³-hybridized carbons (Fsp3) is 0.357. The Morgan fingerprint density at radius 1 is 1.35 bits per heavy atom. The molecule has 92 valence electrons. The van der Waals surface area contributed by atoms with Crippen molar-refractivity contribution in [1.82, 2.24) is 0 Å². The summed E-state index contributed by atoms with van der Waals surface area (Å²) in [4.78, 5) is 10.4. The van der Waals surface area contributed by atoms with Crippen molar-refractivity contribution < 1.29 is 14.6 Å². The molecule has 1 N–H and O–H groups in total. The maximum absolute atomic E-state index is 10.4. The van der Waals surface area contributed by atoms with Crippen LogP contribution in [0.2, 0.25) is 0 Å². The highest BCUT2D eigenvalue weighted by Gasteiger charge is 2.10. The summed E-state index contributed by atoms with van der Waals surface area (Å²) in [6.45, 7) is 6.07. The van der Waals surface area contributed by atoms with Crippen molar-refractivity contribution in [1.29, 1.82) is 0 Å². The van der Waals surface area contributed by atoms with Crippen LogP contribution in [0.15, 0.2) is 18.2 Å². The van der Waals surface area contributed by atoms with E-state index in [9.17, 15) is 4.79 Å². The van der Waals surface area contributed by atoms with E-state index in [-0.39, 0.29) is 0 Å². The van der Waals surface area contributed by atoms with Crippen molar-refractivity contribution in [2.24, 2.45) is 0 Å². The average molecular weight is 234 g/mol. The van der Waals surface area contributed by atoms with Crippen LogP contribution in [0.4, 0.5) is 0 Å². The fourth-order valence-electron chi connectivity index (χ4n) is 1.91. The number of aryl methyl sites for hydroxylation is 2. The Balaban J connectivity index is 3.14. The van der Waals surface area contributed by atoms with Crippen molar-refractivity contribution in [3.05, 3.63) is 40.5 Å². The fourth-order valence-corrected chi connectivity index (χ4v) is 1.91. The van der Waals surface area contributed by atoms with Gasteiger partial charge in [-0.15, -0.1) is 0 Å². The Labute approximate surface area is 102 Å². The van der Waals surface area contributed by atoms with Crippen LogP contribution < -0.4 is 4.74 Å². The Morgan fingerprint density at radius 3 is 2.53 bits per heavy atom. The van der Waals surface area contributed by atoms with E-state index < -0.39 is 5.97 Å². The third kappa shape index (κ3) is 3.09. The van der Waals surface area contributed by atoms with Crippen molar-refractivity contribution in [3.8, 4) is 5.75 Å². The first-order valence-electron chi connectivity index (χ1n) is 5.50. The van der Waals surface area contributed by atoms with Crippen LogP contribution in [0.1, 0.15) is 22.3 Å². The molecule has 0 radical (unpaired) electrons. The lowest BCUT2D eigenvalue weighted by molar-refractivity contribution is -0.131. The standard InChI is InChI=1S/C14H18O3/c1-9-8-10(2)12(6-5-7-13(15)16)14(17-4)11(9)3/h5,7-8H,6H2,1-4H3,(H,15,16)/b7-5+. The second-order valence-corrected chi connectivity index (χ2v) is 4.09. The van der Waals surface area contributed by atoms with E-state index in [0.29, 0.717) is 6.42 Å². The van der Waals surface area contributed by atoms with E-state index in [1.807, 2.05) is 20.8 Å². The van der Waals surface area contributed by atoms with Gasteiger partial charge in [0.1, 0.15) is 5.75 Å². The van der Waals surface area contributed by atoms with Crippen molar-refractivity contribution >= 4 is 5.97 Å². The normalized spacial score (nSPS) is 10.8. The summed E-state index contributed by atoms with van der Waals surface area (Å²) in [5.74, 6) is -0.0667. The highest BCUT2D eigenvalue weighted by atomic mass is 16.5. The summed E-state index contributed by atoms with van der Waals surface area (Å²) in [6, 6.07) is 2.10. The van der Waals surface area contributed by atoms with Crippen LogP contribution in [0, 0.1) is 20.8 Å². The maximum atomic E-state index is 10.4. The molecule has 0 spiro atoms. The van der Waals surface area contributed by atoms with Crippen molar-refractivity contribution in [2.45, 2.75) is 27.2 Å². The zero-order chi connectivity index (χ0) is 13.0. The summed E-state index contributed by atoms with van der Waals surface area (Å²) in [7, 11) is 1.64. The number of methoxy groups -OCH3 is 1. The second-order valence-electron chi connectivity index (χ2n) is 4.09. The monoisotopic (exact) mass is 234 g/mol. The Morgan fingerprint density at radius 2 is 2.00 bits per heavy atom. The molecule has 3 heteroatoms. The molecule has 0 aromatic heterocycles. The minimum Gasteiger partial charge on any atom is -0.496 e. The van der Waals surface area contributed by atoms with Gasteiger partial charge < -0.3 is 9.84 Å². The van der Waals surface area contributed by atoms with Gasteiger partial charge in [0.2, 0.25) is 0 Å². The van der Waals surface area contributed by atoms with Crippen LogP contribution >= 0.6 is 0 Å². The third-order valence-corrected chi connectivity index (χ3v) is 2.90. The molecule has 0 aliphatic heterocycles. The number of hydrogen-bond acceptors (Lipinski definition) is 2. The van der Waals surface area contributed by atoms with Gasteiger partial charge in [0, 0.05) is 11.6 Å². The van der Waals surface area contributed by atoms with Crippen LogP contribution in [0.25, 0.3) is 0 Å². The first-order valence-corrected chi connectivity index (χ1v) is 5.50. The predicted octanol–water partition coefficient (Wildman–Crippen LogP) is 2.80. The van der Waals surface area contributed by atoms with E-state index >= 15 is 0 Å². The number of benzene rings is 1. The summed E-state index contributed by atoms with van der Waals surface area (Å²) in [6.07, 6.45) is 3.37. The number of carboxylic acid groups (broad SMARTS) is 1. The van der Waals surface area contributed by atoms with E-state index in [0.717, 1.165) is 28.5 Å². The van der Waals surface area contributed by atoms with Gasteiger partial charge in [-0.05, 0) is 43.9 Å². The zero-order valence-corrected chi connectivity index (χ0v) is 10.7. The van der Waals surface area contributed by atoms with Gasteiger partial charge in [-0.1, -0.05) is 12.1 Å². The van der Waals surface area contributed by atoms with Crippen LogP contribution in [0.5, 0.6) is 5.75 Å². The van der Waals surface area contributed by atoms with Gasteiger partial charge >= 0.3 is 5.97 Å². The maximum Gasteiger partial charge on any atom is 0.327 e. The third-order valence-electron chi connectivity index (χ3n) is 2.90. The molecule has 0 heterocycles. The van der Waals surface area contributed by atoms with E-state index in [2.05, 4.69) is 6.07 Å². The highest BCUT2D eigenvalue weighted by molar-refractivity contribution is 5.79. The number of carbonyl (C=O) groups is 1. The van der Waals surface area contributed by atoms with Gasteiger partial charge in [-0.25, -0.2) is 4.79 Å². The van der Waals surface area contributed by atoms with Crippen LogP contribution in [-0.2, 0) is 11.2 Å². The molecule has 1 aromatic rings. The summed E-state index contributed by atoms with van der Waals surface area (Å²) < 4.78 is 5.41. The molecule has 0 amide bonds. The quantitative estimate of drug-likeness (QED) is 0.815. The van der Waals surface area contributed by atoms with E-state index in [1.54, 1.807) is 13.2 Å². The molecule has 1 rings (SSSR count). The number of rotatable bonds is 4. The van der Waals surface area contributed by atoms with Gasteiger partial charge in [-0.2, -0.15) is 0 Å². The molecule has 3 nitrogen and oxygen atoms in total. The molecule has 0 bridgehead atoms. The highest BCUT2D eigenvalue weighted by Crippen LogP contribution is 2.29. The van der Waals surface area contributed by atoms with E-state index in [4.69, 9.17) is 9.84 Å². The molecule has 0 fully saturated rings. The van der Waals surface area contributed by atoms with Gasteiger partial charge in [0.25, 0.3) is 0 Å². The Kier molecular flexibility index (Phi) is 4.32. The molecule has 17 heavy (non-hydrogen) atoms. The predicted molar refractivity (Wildman–Crippen MR) is 67.7 cm³/mol. The zero-order valence-electron chi connectivity index (χ0n) is 10.7. The van der Waals surface area contributed by atoms with Gasteiger partial charge in [-0.3, -0.25) is 0 Å². The number of ether oxygens (including phenoxy) is 1.